The summed E-state index contributed by atoms with van der Waals surface area (Å²) < 4.78 is 20.6. The van der Waals surface area contributed by atoms with E-state index in [2.05, 4.69) is 15.4 Å². The van der Waals surface area contributed by atoms with Crippen LogP contribution < -0.4 is 20.1 Å². The van der Waals surface area contributed by atoms with Gasteiger partial charge in [0.2, 0.25) is 11.5 Å². The monoisotopic (exact) mass is 550 g/mol. The van der Waals surface area contributed by atoms with Crippen molar-refractivity contribution >= 4 is 41.3 Å². The molecule has 14 nitrogen and oxygen atoms in total. The lowest BCUT2D eigenvalue weighted by atomic mass is 10.1. The van der Waals surface area contributed by atoms with Gasteiger partial charge >= 0.3 is 17.7 Å². The smallest absolute Gasteiger partial charge is 0.373 e. The van der Waals surface area contributed by atoms with Gasteiger partial charge in [0.1, 0.15) is 11.5 Å². The third-order valence-corrected chi connectivity index (χ3v) is 5.51. The van der Waals surface area contributed by atoms with E-state index in [1.54, 1.807) is 30.3 Å². The van der Waals surface area contributed by atoms with Crippen molar-refractivity contribution in [2.45, 2.75) is 6.54 Å². The first kappa shape index (κ1) is 27.4. The average molecular weight is 550 g/mol. The molecule has 0 bridgehead atoms. The summed E-state index contributed by atoms with van der Waals surface area (Å²) in [6, 6.07) is 13.0. The van der Waals surface area contributed by atoms with Gasteiger partial charge in [0, 0.05) is 11.8 Å². The summed E-state index contributed by atoms with van der Waals surface area (Å²) in [5.41, 5.74) is -0.0378. The van der Waals surface area contributed by atoms with Crippen LogP contribution in [0.15, 0.2) is 64.7 Å². The number of carbonyl (C=O) groups excluding carboxylic acids is 4. The molecule has 1 aliphatic heterocycles. The Labute approximate surface area is 226 Å². The maximum absolute atomic E-state index is 12.9. The second-order valence-corrected chi connectivity index (χ2v) is 8.17. The first-order valence-electron chi connectivity index (χ1n) is 11.6. The summed E-state index contributed by atoms with van der Waals surface area (Å²) in [7, 11) is 2.43. The molecule has 40 heavy (non-hydrogen) atoms. The topological polar surface area (TPSA) is 180 Å². The van der Waals surface area contributed by atoms with Gasteiger partial charge in [0.05, 0.1) is 25.7 Å². The van der Waals surface area contributed by atoms with E-state index in [0.29, 0.717) is 5.69 Å². The van der Waals surface area contributed by atoms with Gasteiger partial charge in [-0.3, -0.25) is 24.6 Å². The number of carbonyl (C=O) groups is 4. The van der Waals surface area contributed by atoms with Crippen molar-refractivity contribution in [2.24, 2.45) is 0 Å². The fourth-order valence-corrected chi connectivity index (χ4v) is 3.69. The van der Waals surface area contributed by atoms with Gasteiger partial charge in [-0.15, -0.1) is 0 Å². The molecule has 1 aliphatic rings. The summed E-state index contributed by atoms with van der Waals surface area (Å²) in [4.78, 5) is 61.1. The molecule has 4 rings (SSSR count). The number of nitrogens with zero attached hydrogens (tertiary/aromatic N) is 2. The zero-order chi connectivity index (χ0) is 28.8. The minimum absolute atomic E-state index is 0.0758. The van der Waals surface area contributed by atoms with E-state index in [-0.39, 0.29) is 40.8 Å². The van der Waals surface area contributed by atoms with Crippen molar-refractivity contribution in [1.82, 2.24) is 10.2 Å². The molecule has 4 amide bonds. The minimum Gasteiger partial charge on any atom is -0.493 e. The standard InChI is InChI=1S/C26H22N4O10/c1-37-21-12-15(11-19(30(35)36)23(21)39-14-22(31)27-16-6-4-3-5-7-16)10-18-24(32)29(26(34)28-18)13-17-8-9-20(40-17)25(33)38-2/h3-12H,13-14H2,1-2H3,(H,27,31)(H,28,34)/b18-10-. The van der Waals surface area contributed by atoms with Crippen molar-refractivity contribution in [2.75, 3.05) is 26.1 Å². The number of amides is 4. The van der Waals surface area contributed by atoms with Crippen LogP contribution in [-0.2, 0) is 20.9 Å². The average Bonchev–Trinajstić information content (AvgIpc) is 3.52. The molecule has 0 unspecified atom stereocenters. The Balaban J connectivity index is 1.53. The van der Waals surface area contributed by atoms with Gasteiger partial charge in [0.15, 0.2) is 12.4 Å². The third-order valence-electron chi connectivity index (χ3n) is 5.51. The van der Waals surface area contributed by atoms with Crippen molar-refractivity contribution < 1.29 is 42.7 Å². The van der Waals surface area contributed by atoms with E-state index in [4.69, 9.17) is 13.9 Å². The highest BCUT2D eigenvalue weighted by molar-refractivity contribution is 6.14. The van der Waals surface area contributed by atoms with Gasteiger partial charge in [0.25, 0.3) is 11.8 Å². The first-order valence-corrected chi connectivity index (χ1v) is 11.6. The molecule has 0 aliphatic carbocycles. The second kappa shape index (κ2) is 11.8. The molecule has 0 radical (unpaired) electrons. The maximum Gasteiger partial charge on any atom is 0.373 e. The summed E-state index contributed by atoms with van der Waals surface area (Å²) in [5.74, 6) is -2.32. The van der Waals surface area contributed by atoms with Crippen LogP contribution in [-0.4, -0.2) is 54.5 Å². The normalized spacial score (nSPS) is 13.7. The number of urea groups is 1. The van der Waals surface area contributed by atoms with Crippen LogP contribution in [0.5, 0.6) is 11.5 Å². The Hall–Kier alpha value is -5.66. The van der Waals surface area contributed by atoms with Crippen LogP contribution in [0.1, 0.15) is 21.9 Å². The number of nitro benzene ring substituents is 1. The Bertz CT molecular complexity index is 1510. The molecule has 3 aromatic rings. The fraction of sp³-hybridized carbons (Fsp3) is 0.154. The van der Waals surface area contributed by atoms with Crippen LogP contribution in [0.2, 0.25) is 0 Å². The third kappa shape index (κ3) is 6.07. The maximum atomic E-state index is 12.9. The molecule has 0 atom stereocenters. The lowest BCUT2D eigenvalue weighted by Gasteiger charge is -2.12. The summed E-state index contributed by atoms with van der Waals surface area (Å²) in [6.07, 6.45) is 1.23. The molecule has 1 fully saturated rings. The Morgan fingerprint density at radius 3 is 2.55 bits per heavy atom. The van der Waals surface area contributed by atoms with Crippen molar-refractivity contribution in [3.8, 4) is 11.5 Å². The number of anilines is 1. The largest absolute Gasteiger partial charge is 0.493 e. The molecule has 1 aromatic heterocycles. The van der Waals surface area contributed by atoms with Gasteiger partial charge in [-0.25, -0.2) is 9.59 Å². The Kier molecular flexibility index (Phi) is 8.08. The number of hydrogen-bond acceptors (Lipinski definition) is 10. The van der Waals surface area contributed by atoms with Crippen LogP contribution in [0, 0.1) is 10.1 Å². The highest BCUT2D eigenvalue weighted by Gasteiger charge is 2.35. The van der Waals surface area contributed by atoms with E-state index >= 15 is 0 Å². The molecule has 1 saturated heterocycles. The fourth-order valence-electron chi connectivity index (χ4n) is 3.69. The van der Waals surface area contributed by atoms with E-state index in [1.807, 2.05) is 0 Å². The number of hydrogen-bond donors (Lipinski definition) is 2. The van der Waals surface area contributed by atoms with Crippen LogP contribution in [0.4, 0.5) is 16.2 Å². The van der Waals surface area contributed by atoms with Crippen LogP contribution in [0.25, 0.3) is 6.08 Å². The molecule has 2 aromatic carbocycles. The molecule has 0 saturated carbocycles. The van der Waals surface area contributed by atoms with Crippen LogP contribution in [0.3, 0.4) is 0 Å². The zero-order valence-corrected chi connectivity index (χ0v) is 21.2. The highest BCUT2D eigenvalue weighted by Crippen LogP contribution is 2.39. The number of rotatable bonds is 10. The molecular formula is C26H22N4O10. The number of methoxy groups -OCH3 is 2. The predicted molar refractivity (Wildman–Crippen MR) is 137 cm³/mol. The lowest BCUT2D eigenvalue weighted by molar-refractivity contribution is -0.385. The Morgan fingerprint density at radius 2 is 1.88 bits per heavy atom. The number of nitro groups is 1. The van der Waals surface area contributed by atoms with Gasteiger partial charge in [-0.05, 0) is 42.0 Å². The molecule has 14 heteroatoms. The number of nitrogens with one attached hydrogen (secondary N) is 2. The number of para-hydroxylation sites is 1. The first-order chi connectivity index (χ1) is 19.2. The lowest BCUT2D eigenvalue weighted by Crippen LogP contribution is -2.30. The van der Waals surface area contributed by atoms with Crippen molar-refractivity contribution in [1.29, 1.82) is 0 Å². The molecule has 0 spiro atoms. The SMILES string of the molecule is COC(=O)c1ccc(CN2C(=O)N/C(=C\c3cc(OC)c(OCC(=O)Nc4ccccc4)c([N+](=O)[O-])c3)C2=O)o1. The number of ether oxygens (including phenoxy) is 3. The van der Waals surface area contributed by atoms with E-state index in [1.165, 1.54) is 38.5 Å². The van der Waals surface area contributed by atoms with Gasteiger partial charge < -0.3 is 29.3 Å². The number of benzene rings is 2. The van der Waals surface area contributed by atoms with E-state index in [0.717, 1.165) is 11.0 Å². The van der Waals surface area contributed by atoms with Crippen LogP contribution >= 0.6 is 0 Å². The van der Waals surface area contributed by atoms with Gasteiger partial charge in [-0.1, -0.05) is 18.2 Å². The zero-order valence-electron chi connectivity index (χ0n) is 21.2. The molecule has 2 N–H and O–H groups in total. The van der Waals surface area contributed by atoms with Crippen molar-refractivity contribution in [3.63, 3.8) is 0 Å². The molecule has 206 valence electrons. The van der Waals surface area contributed by atoms with E-state index < -0.39 is 41.0 Å². The molecule has 2 heterocycles. The van der Waals surface area contributed by atoms with Gasteiger partial charge in [-0.2, -0.15) is 0 Å². The number of furan rings is 1. The van der Waals surface area contributed by atoms with E-state index in [9.17, 15) is 29.3 Å². The predicted octanol–water partition coefficient (Wildman–Crippen LogP) is 3.09. The summed E-state index contributed by atoms with van der Waals surface area (Å²) in [5, 5.41) is 16.8. The summed E-state index contributed by atoms with van der Waals surface area (Å²) in [6.45, 7) is -0.819. The highest BCUT2D eigenvalue weighted by atomic mass is 16.6. The summed E-state index contributed by atoms with van der Waals surface area (Å²) >= 11 is 0. The number of imide groups is 1. The number of esters is 1. The second-order valence-electron chi connectivity index (χ2n) is 8.17. The minimum atomic E-state index is -0.766. The van der Waals surface area contributed by atoms with Crippen molar-refractivity contribution in [3.05, 3.63) is 87.5 Å². The quantitative estimate of drug-likeness (QED) is 0.125. The Morgan fingerprint density at radius 1 is 1.12 bits per heavy atom. The molecular weight excluding hydrogens is 528 g/mol.